The molecule has 8 aromatic rings. The second-order valence-corrected chi connectivity index (χ2v) is 20.4. The maximum Gasteiger partial charge on any atom is 0.317 e. The average Bonchev–Trinajstić information content (AvgIpc) is 4.19. The number of nitrogens with one attached hydrogen (secondary N) is 3. The van der Waals surface area contributed by atoms with E-state index in [1.165, 1.54) is 31.6 Å². The van der Waals surface area contributed by atoms with Gasteiger partial charge in [0.15, 0.2) is 11.7 Å². The summed E-state index contributed by atoms with van der Waals surface area (Å²) < 4.78 is 19.3. The van der Waals surface area contributed by atoms with Crippen molar-refractivity contribution < 1.29 is 19.4 Å². The summed E-state index contributed by atoms with van der Waals surface area (Å²) in [6, 6.07) is 29.0. The SMILES string of the molecule is CN(C)CC(=O)N1CCC(c2nsc3cc(NC4=NCc5cccnc54)ccc23)CC1.CN(C)CC(=O)O.COc1ccc(Cn2nc(Nc3ccc4c(C5CCNCC5)nsc4c3)c3ncccc32)cc1. The second kappa shape index (κ2) is 23.1. The Balaban J connectivity index is 0.000000158. The molecule has 2 fully saturated rings. The molecule has 0 radical (unpaired) electrons. The predicted molar refractivity (Wildman–Crippen MR) is 288 cm³/mol. The number of hydrogen-bond donors (Lipinski definition) is 4. The van der Waals surface area contributed by atoms with E-state index in [1.807, 2.05) is 59.0 Å². The molecule has 3 aromatic carbocycles. The molecular formula is C53H61N13O4S2. The van der Waals surface area contributed by atoms with E-state index in [2.05, 4.69) is 91.6 Å². The summed E-state index contributed by atoms with van der Waals surface area (Å²) in [6.07, 6.45) is 7.86. The molecular weight excluding hydrogens is 947 g/mol. The summed E-state index contributed by atoms with van der Waals surface area (Å²) in [5.41, 5.74) is 9.52. The Morgan fingerprint density at radius 3 is 2.03 bits per heavy atom. The highest BCUT2D eigenvalue weighted by molar-refractivity contribution is 7.13. The summed E-state index contributed by atoms with van der Waals surface area (Å²) in [4.78, 5) is 41.3. The predicted octanol–water partition coefficient (Wildman–Crippen LogP) is 8.27. The molecule has 1 amide bonds. The van der Waals surface area contributed by atoms with E-state index in [0.717, 1.165) is 108 Å². The monoisotopic (exact) mass is 1010 g/mol. The van der Waals surface area contributed by atoms with Gasteiger partial charge in [-0.05, 0) is 162 Å². The van der Waals surface area contributed by atoms with Crippen molar-refractivity contribution in [2.75, 3.05) is 85.2 Å². The van der Waals surface area contributed by atoms with Crippen molar-refractivity contribution in [2.45, 2.75) is 50.6 Å². The van der Waals surface area contributed by atoms with Crippen molar-refractivity contribution in [2.24, 2.45) is 4.99 Å². The number of carboxylic acids is 1. The number of ether oxygens (including phenoxy) is 1. The Labute approximate surface area is 427 Å². The second-order valence-electron chi connectivity index (χ2n) is 18.8. The minimum atomic E-state index is -0.787. The van der Waals surface area contributed by atoms with E-state index in [-0.39, 0.29) is 12.5 Å². The van der Waals surface area contributed by atoms with Crippen LogP contribution in [0.1, 0.15) is 65.7 Å². The fraction of sp³-hybridized carbons (Fsp3) is 0.358. The van der Waals surface area contributed by atoms with Gasteiger partial charge in [0.25, 0.3) is 0 Å². The van der Waals surface area contributed by atoms with E-state index in [4.69, 9.17) is 23.7 Å². The number of amides is 1. The van der Waals surface area contributed by atoms with Gasteiger partial charge in [0.1, 0.15) is 17.0 Å². The number of carbonyl (C=O) groups is 2. The Bertz CT molecular complexity index is 3170. The number of likely N-dealkylation sites (N-methyl/N-ethyl adjacent to an activating group) is 2. The van der Waals surface area contributed by atoms with Crippen molar-refractivity contribution in [3.8, 4) is 5.75 Å². The van der Waals surface area contributed by atoms with Gasteiger partial charge < -0.3 is 35.6 Å². The van der Waals surface area contributed by atoms with Crippen LogP contribution in [0, 0.1) is 0 Å². The van der Waals surface area contributed by atoms with Crippen LogP contribution in [0.2, 0.25) is 0 Å². The third-order valence-corrected chi connectivity index (χ3v) is 14.6. The quantitative estimate of drug-likeness (QED) is 0.0915. The van der Waals surface area contributed by atoms with Crippen LogP contribution in [0.3, 0.4) is 0 Å². The number of carbonyl (C=O) groups excluding carboxylic acids is 1. The first-order valence-corrected chi connectivity index (χ1v) is 25.8. The van der Waals surface area contributed by atoms with Gasteiger partial charge in [-0.15, -0.1) is 0 Å². The van der Waals surface area contributed by atoms with Crippen LogP contribution >= 0.6 is 23.1 Å². The van der Waals surface area contributed by atoms with Crippen molar-refractivity contribution >= 4 is 89.2 Å². The van der Waals surface area contributed by atoms with Crippen LogP contribution in [0.25, 0.3) is 31.2 Å². The lowest BCUT2D eigenvalue weighted by Crippen LogP contribution is -2.42. The summed E-state index contributed by atoms with van der Waals surface area (Å²) in [7, 11) is 8.98. The molecule has 11 rings (SSSR count). The van der Waals surface area contributed by atoms with Gasteiger partial charge in [-0.2, -0.15) is 13.8 Å². The van der Waals surface area contributed by atoms with Gasteiger partial charge in [-0.3, -0.25) is 34.1 Å². The summed E-state index contributed by atoms with van der Waals surface area (Å²) in [5, 5.41) is 25.8. The summed E-state index contributed by atoms with van der Waals surface area (Å²) >= 11 is 3.13. The van der Waals surface area contributed by atoms with E-state index < -0.39 is 5.97 Å². The standard InChI is InChI=1S/C26H26N6OS.C23H26N6OS.C4H9NO2/c1-33-20-7-4-17(5-8-20)16-32-22-3-2-12-28-25(22)26(30-32)29-19-6-9-21-23(15-19)34-31-24(21)18-10-13-27-14-11-18;1-28(2)14-20(30)29-10-7-15(8-11-29)21-18-6-5-17(12-19(18)31-27-21)26-23-22-16(13-25-23)4-3-9-24-22;1-5(2)3-4(6)7/h2-9,12,15,18,27H,10-11,13-14,16H2,1H3,(H,29,30);3-6,9,12,15H,7-8,10-11,13-14H2,1-2H3,(H,25,26);3H2,1-2H3,(H,6,7). The van der Waals surface area contributed by atoms with Crippen molar-refractivity contribution in [1.29, 1.82) is 0 Å². The number of likely N-dealkylation sites (tertiary alicyclic amines) is 1. The Kier molecular flexibility index (Phi) is 16.1. The fourth-order valence-electron chi connectivity index (χ4n) is 9.31. The molecule has 0 bridgehead atoms. The van der Waals surface area contributed by atoms with Gasteiger partial charge in [-0.1, -0.05) is 18.2 Å². The van der Waals surface area contributed by atoms with Crippen molar-refractivity contribution in [3.05, 3.63) is 126 Å². The van der Waals surface area contributed by atoms with Gasteiger partial charge in [-0.25, -0.2) is 0 Å². The lowest BCUT2D eigenvalue weighted by Gasteiger charge is -2.32. The van der Waals surface area contributed by atoms with Crippen molar-refractivity contribution in [3.63, 3.8) is 0 Å². The lowest BCUT2D eigenvalue weighted by atomic mass is 9.91. The van der Waals surface area contributed by atoms with Crippen LogP contribution in [-0.4, -0.2) is 141 Å². The van der Waals surface area contributed by atoms with E-state index in [0.29, 0.717) is 31.5 Å². The molecule has 4 N–H and O–H groups in total. The number of pyridine rings is 2. The Hall–Kier alpha value is -6.90. The zero-order chi connectivity index (χ0) is 50.1. The molecule has 17 nitrogen and oxygen atoms in total. The van der Waals surface area contributed by atoms with Gasteiger partial charge in [0.2, 0.25) is 5.91 Å². The summed E-state index contributed by atoms with van der Waals surface area (Å²) in [5.74, 6) is 2.82. The number of benzene rings is 3. The third kappa shape index (κ3) is 12.1. The summed E-state index contributed by atoms with van der Waals surface area (Å²) in [6.45, 7) is 5.68. The number of aromatic nitrogens is 6. The first kappa shape index (κ1) is 50.1. The number of aliphatic imine (C=N–C) groups is 1. The minimum absolute atomic E-state index is 0.111. The smallest absolute Gasteiger partial charge is 0.317 e. The van der Waals surface area contributed by atoms with Crippen molar-refractivity contribution in [1.82, 2.24) is 48.5 Å². The van der Waals surface area contributed by atoms with Gasteiger partial charge in [0, 0.05) is 65.0 Å². The first-order chi connectivity index (χ1) is 35.0. The molecule has 0 atom stereocenters. The highest BCUT2D eigenvalue weighted by Crippen LogP contribution is 2.37. The Morgan fingerprint density at radius 1 is 0.778 bits per heavy atom. The number of nitrogens with zero attached hydrogens (tertiary/aromatic N) is 10. The van der Waals surface area contributed by atoms with Gasteiger partial charge in [0.05, 0.1) is 59.6 Å². The number of aliphatic carboxylic acids is 1. The van der Waals surface area contributed by atoms with E-state index in [9.17, 15) is 9.59 Å². The molecule has 72 heavy (non-hydrogen) atoms. The number of methoxy groups -OCH3 is 1. The van der Waals surface area contributed by atoms with Gasteiger partial charge >= 0.3 is 5.97 Å². The topological polar surface area (TPSA) is 191 Å². The first-order valence-electron chi connectivity index (χ1n) is 24.2. The molecule has 19 heteroatoms. The maximum absolute atomic E-state index is 12.3. The molecule has 0 saturated carbocycles. The van der Waals surface area contributed by atoms with Crippen LogP contribution in [0.5, 0.6) is 5.75 Å². The Morgan fingerprint density at radius 2 is 1.40 bits per heavy atom. The molecule has 0 spiro atoms. The van der Waals surface area contributed by atoms with Crippen LogP contribution in [0.15, 0.2) is 102 Å². The lowest BCUT2D eigenvalue weighted by molar-refractivity contribution is -0.137. The highest BCUT2D eigenvalue weighted by atomic mass is 32.1. The highest BCUT2D eigenvalue weighted by Gasteiger charge is 2.27. The molecule has 3 aliphatic heterocycles. The van der Waals surface area contributed by atoms with Crippen LogP contribution in [-0.2, 0) is 22.7 Å². The molecule has 5 aromatic heterocycles. The number of piperidine rings is 2. The molecule has 0 aliphatic carbocycles. The zero-order valence-corrected chi connectivity index (χ0v) is 43.0. The fourth-order valence-corrected chi connectivity index (χ4v) is 11.1. The molecule has 2 saturated heterocycles. The van der Waals surface area contributed by atoms with Crippen LogP contribution in [0.4, 0.5) is 17.2 Å². The molecule has 374 valence electrons. The molecule has 3 aliphatic rings. The largest absolute Gasteiger partial charge is 0.497 e. The van der Waals surface area contributed by atoms with E-state index in [1.54, 1.807) is 55.4 Å². The number of hydrogen-bond acceptors (Lipinski definition) is 16. The average molecular weight is 1010 g/mol. The number of amidine groups is 1. The van der Waals surface area contributed by atoms with Crippen LogP contribution < -0.4 is 20.7 Å². The normalized spacial score (nSPS) is 15.0. The molecule has 8 heterocycles. The number of anilines is 3. The number of rotatable bonds is 12. The zero-order valence-electron chi connectivity index (χ0n) is 41.3. The maximum atomic E-state index is 12.3. The number of carboxylic acid groups (broad SMARTS) is 1. The minimum Gasteiger partial charge on any atom is -0.497 e. The third-order valence-electron chi connectivity index (χ3n) is 12.9. The van der Waals surface area contributed by atoms with E-state index >= 15 is 0 Å². The number of fused-ring (bicyclic) bond motifs is 4. The molecule has 0 unspecified atom stereocenters.